The van der Waals surface area contributed by atoms with Crippen LogP contribution in [0, 0.1) is 5.92 Å². The first-order valence-electron chi connectivity index (χ1n) is 6.30. The fourth-order valence-electron chi connectivity index (χ4n) is 2.05. The quantitative estimate of drug-likeness (QED) is 0.665. The zero-order chi connectivity index (χ0) is 15.3. The van der Waals surface area contributed by atoms with Crippen LogP contribution >= 0.6 is 0 Å². The molecule has 1 rings (SSSR count). The van der Waals surface area contributed by atoms with Crippen molar-refractivity contribution in [1.29, 1.82) is 0 Å². The predicted molar refractivity (Wildman–Crippen MR) is 70.1 cm³/mol. The lowest BCUT2D eigenvalue weighted by molar-refractivity contribution is -0.146. The molecule has 1 saturated heterocycles. The summed E-state index contributed by atoms with van der Waals surface area (Å²) in [6, 6.07) is 0. The van der Waals surface area contributed by atoms with E-state index < -0.39 is 16.2 Å². The molecule has 116 valence electrons. The fourth-order valence-corrected chi connectivity index (χ4v) is 3.44. The second kappa shape index (κ2) is 7.00. The molecular weight excluding hydrogens is 288 g/mol. The number of methoxy groups -OCH3 is 1. The lowest BCUT2D eigenvalue weighted by Crippen LogP contribution is -2.47. The molecule has 0 aromatic rings. The van der Waals surface area contributed by atoms with Crippen LogP contribution in [-0.2, 0) is 24.5 Å². The Labute approximate surface area is 118 Å². The van der Waals surface area contributed by atoms with E-state index in [0.29, 0.717) is 12.8 Å². The Kier molecular flexibility index (Phi) is 5.90. The van der Waals surface area contributed by atoms with Gasteiger partial charge in [0.05, 0.1) is 19.4 Å². The van der Waals surface area contributed by atoms with Crippen molar-refractivity contribution < 1.29 is 27.9 Å². The van der Waals surface area contributed by atoms with Crippen molar-refractivity contribution in [3.8, 4) is 0 Å². The maximum Gasteiger partial charge on any atom is 0.308 e. The maximum atomic E-state index is 12.2. The maximum absolute atomic E-state index is 12.2. The highest BCUT2D eigenvalue weighted by atomic mass is 32.2. The molecule has 1 heterocycles. The number of hydrogen-bond acceptors (Lipinski definition) is 5. The molecule has 1 fully saturated rings. The number of nitrogens with zero attached hydrogens (tertiary/aromatic N) is 2. The van der Waals surface area contributed by atoms with Crippen molar-refractivity contribution in [3.05, 3.63) is 0 Å². The van der Waals surface area contributed by atoms with E-state index in [4.69, 9.17) is 5.11 Å². The van der Waals surface area contributed by atoms with Crippen LogP contribution < -0.4 is 0 Å². The van der Waals surface area contributed by atoms with Gasteiger partial charge >= 0.3 is 11.9 Å². The van der Waals surface area contributed by atoms with Crippen LogP contribution in [0.5, 0.6) is 0 Å². The number of hydrogen-bond donors (Lipinski definition) is 1. The summed E-state index contributed by atoms with van der Waals surface area (Å²) in [5.74, 6) is -1.63. The molecule has 0 aliphatic carbocycles. The standard InChI is InChI=1S/C11H20N2O6S/c1-12(6-5-10(14)15)20(17,18)13-7-3-9(4-8-13)11(16)19-2/h9H,3-8H2,1-2H3,(H,14,15). The van der Waals surface area contributed by atoms with Crippen molar-refractivity contribution >= 4 is 22.1 Å². The molecule has 0 aromatic heterocycles. The van der Waals surface area contributed by atoms with Crippen LogP contribution in [0.2, 0.25) is 0 Å². The van der Waals surface area contributed by atoms with Gasteiger partial charge in [0.2, 0.25) is 0 Å². The fraction of sp³-hybridized carbons (Fsp3) is 0.818. The number of carboxylic acid groups (broad SMARTS) is 1. The van der Waals surface area contributed by atoms with E-state index in [-0.39, 0.29) is 37.9 Å². The summed E-state index contributed by atoms with van der Waals surface area (Å²) in [6.07, 6.45) is 0.589. The lowest BCUT2D eigenvalue weighted by atomic mass is 9.99. The molecule has 9 heteroatoms. The van der Waals surface area contributed by atoms with Crippen molar-refractivity contribution in [1.82, 2.24) is 8.61 Å². The van der Waals surface area contributed by atoms with Crippen molar-refractivity contribution in [2.24, 2.45) is 5.92 Å². The largest absolute Gasteiger partial charge is 0.481 e. The Morgan fingerprint density at radius 3 is 2.35 bits per heavy atom. The van der Waals surface area contributed by atoms with Crippen LogP contribution in [0.1, 0.15) is 19.3 Å². The van der Waals surface area contributed by atoms with Crippen molar-refractivity contribution in [3.63, 3.8) is 0 Å². The molecule has 0 unspecified atom stereocenters. The predicted octanol–water partition coefficient (Wildman–Crippen LogP) is -0.477. The van der Waals surface area contributed by atoms with Crippen LogP contribution in [0.4, 0.5) is 0 Å². The molecule has 0 amide bonds. The van der Waals surface area contributed by atoms with Crippen LogP contribution in [0.25, 0.3) is 0 Å². The average Bonchev–Trinajstić information content (AvgIpc) is 2.43. The molecular formula is C11H20N2O6S. The molecule has 1 aliphatic rings. The summed E-state index contributed by atoms with van der Waals surface area (Å²) < 4.78 is 31.3. The third-order valence-corrected chi connectivity index (χ3v) is 5.34. The SMILES string of the molecule is COC(=O)C1CCN(S(=O)(=O)N(C)CCC(=O)O)CC1. The molecule has 1 aliphatic heterocycles. The summed E-state index contributed by atoms with van der Waals surface area (Å²) in [5, 5.41) is 8.57. The van der Waals surface area contributed by atoms with Gasteiger partial charge in [0.25, 0.3) is 10.2 Å². The Morgan fingerprint density at radius 2 is 1.90 bits per heavy atom. The van der Waals surface area contributed by atoms with Crippen molar-refractivity contribution in [2.75, 3.05) is 33.8 Å². The van der Waals surface area contributed by atoms with Gasteiger partial charge in [0.15, 0.2) is 0 Å². The Balaban J connectivity index is 2.58. The molecule has 0 atom stereocenters. The minimum atomic E-state index is -3.66. The summed E-state index contributed by atoms with van der Waals surface area (Å²) in [4.78, 5) is 21.8. The van der Waals surface area contributed by atoms with E-state index in [2.05, 4.69) is 4.74 Å². The Bertz CT molecular complexity index is 456. The number of carboxylic acids is 1. The van der Waals surface area contributed by atoms with E-state index in [1.165, 1.54) is 18.5 Å². The highest BCUT2D eigenvalue weighted by Gasteiger charge is 2.33. The second-order valence-electron chi connectivity index (χ2n) is 4.67. The first kappa shape index (κ1) is 16.9. The molecule has 1 N–H and O–H groups in total. The highest BCUT2D eigenvalue weighted by molar-refractivity contribution is 7.86. The Morgan fingerprint density at radius 1 is 1.35 bits per heavy atom. The number of aliphatic carboxylic acids is 1. The van der Waals surface area contributed by atoms with Crippen molar-refractivity contribution in [2.45, 2.75) is 19.3 Å². The van der Waals surface area contributed by atoms with Crippen LogP contribution in [-0.4, -0.2) is 67.9 Å². The van der Waals surface area contributed by atoms with E-state index in [0.717, 1.165) is 4.31 Å². The first-order chi connectivity index (χ1) is 9.28. The van der Waals surface area contributed by atoms with Gasteiger partial charge in [-0.2, -0.15) is 17.0 Å². The zero-order valence-corrected chi connectivity index (χ0v) is 12.4. The van der Waals surface area contributed by atoms with Gasteiger partial charge in [0, 0.05) is 26.7 Å². The number of carbonyl (C=O) groups excluding carboxylic acids is 1. The lowest BCUT2D eigenvalue weighted by Gasteiger charge is -2.32. The summed E-state index contributed by atoms with van der Waals surface area (Å²) in [5.41, 5.74) is 0. The summed E-state index contributed by atoms with van der Waals surface area (Å²) >= 11 is 0. The average molecular weight is 308 g/mol. The van der Waals surface area contributed by atoms with Gasteiger partial charge in [-0.1, -0.05) is 0 Å². The van der Waals surface area contributed by atoms with E-state index >= 15 is 0 Å². The van der Waals surface area contributed by atoms with Gasteiger partial charge in [-0.05, 0) is 12.8 Å². The molecule has 8 nitrogen and oxygen atoms in total. The van der Waals surface area contributed by atoms with Gasteiger partial charge < -0.3 is 9.84 Å². The normalized spacial score (nSPS) is 18.1. The first-order valence-corrected chi connectivity index (χ1v) is 7.69. The molecule has 0 bridgehead atoms. The number of rotatable bonds is 6. The van der Waals surface area contributed by atoms with Gasteiger partial charge in [-0.25, -0.2) is 0 Å². The minimum absolute atomic E-state index is 0.0748. The molecule has 0 radical (unpaired) electrons. The van der Waals surface area contributed by atoms with Gasteiger partial charge in [-0.3, -0.25) is 9.59 Å². The van der Waals surface area contributed by atoms with Crippen LogP contribution in [0.3, 0.4) is 0 Å². The highest BCUT2D eigenvalue weighted by Crippen LogP contribution is 2.21. The summed E-state index contributed by atoms with van der Waals surface area (Å²) in [6.45, 7) is 0.396. The third-order valence-electron chi connectivity index (χ3n) is 3.35. The third kappa shape index (κ3) is 4.15. The van der Waals surface area contributed by atoms with Gasteiger partial charge in [-0.15, -0.1) is 0 Å². The monoisotopic (exact) mass is 308 g/mol. The second-order valence-corrected chi connectivity index (χ2v) is 6.70. The molecule has 0 aromatic carbocycles. The molecule has 20 heavy (non-hydrogen) atoms. The van der Waals surface area contributed by atoms with Crippen LogP contribution in [0.15, 0.2) is 0 Å². The Hall–Kier alpha value is -1.19. The smallest absolute Gasteiger partial charge is 0.308 e. The number of piperidine rings is 1. The van der Waals surface area contributed by atoms with Gasteiger partial charge in [0.1, 0.15) is 0 Å². The zero-order valence-electron chi connectivity index (χ0n) is 11.6. The van der Waals surface area contributed by atoms with E-state index in [1.54, 1.807) is 0 Å². The number of ether oxygens (including phenoxy) is 1. The molecule has 0 saturated carbocycles. The number of esters is 1. The minimum Gasteiger partial charge on any atom is -0.481 e. The summed E-state index contributed by atoms with van der Waals surface area (Å²) in [7, 11) is -1.000. The van der Waals surface area contributed by atoms with E-state index in [1.807, 2.05) is 0 Å². The topological polar surface area (TPSA) is 104 Å². The molecule has 0 spiro atoms. The van der Waals surface area contributed by atoms with E-state index in [9.17, 15) is 18.0 Å². The number of carbonyl (C=O) groups is 2.